The summed E-state index contributed by atoms with van der Waals surface area (Å²) in [4.78, 5) is 32.5. The molecule has 1 saturated heterocycles. The van der Waals surface area contributed by atoms with Crippen molar-refractivity contribution < 1.29 is 37.0 Å². The summed E-state index contributed by atoms with van der Waals surface area (Å²) < 4.78 is 59.0. The van der Waals surface area contributed by atoms with Gasteiger partial charge in [-0.3, -0.25) is 9.59 Å². The quantitative estimate of drug-likeness (QED) is 0.580. The van der Waals surface area contributed by atoms with E-state index in [1.165, 1.54) is 24.8 Å². The maximum atomic E-state index is 14.5. The van der Waals surface area contributed by atoms with Crippen molar-refractivity contribution in [3.05, 3.63) is 52.8 Å². The van der Waals surface area contributed by atoms with Crippen molar-refractivity contribution in [3.63, 3.8) is 0 Å². The molecule has 2 N–H and O–H groups in total. The Labute approximate surface area is 204 Å². The molecule has 0 bridgehead atoms. The number of alkyl halides is 4. The Balaban J connectivity index is 1.65. The van der Waals surface area contributed by atoms with E-state index in [1.807, 2.05) is 4.90 Å². The number of nitrogens with zero attached hydrogens (tertiary/aromatic N) is 3. The van der Waals surface area contributed by atoms with Gasteiger partial charge in [0.1, 0.15) is 17.6 Å². The van der Waals surface area contributed by atoms with Gasteiger partial charge in [0.15, 0.2) is 0 Å². The number of carbonyl (C=O) groups excluding carboxylic acids is 2. The number of nitrogens with one attached hydrogen (secondary N) is 1. The minimum absolute atomic E-state index is 0.0543. The van der Waals surface area contributed by atoms with Crippen molar-refractivity contribution in [2.75, 3.05) is 43.1 Å². The molecule has 8 nitrogen and oxygen atoms in total. The lowest BCUT2D eigenvalue weighted by Crippen LogP contribution is -2.42. The number of benzene rings is 1. The van der Waals surface area contributed by atoms with Gasteiger partial charge in [0.05, 0.1) is 36.7 Å². The zero-order valence-corrected chi connectivity index (χ0v) is 19.7. The maximum absolute atomic E-state index is 14.5. The van der Waals surface area contributed by atoms with Crippen LogP contribution >= 0.6 is 0 Å². The SMILES string of the molecule is CC(C)(O)C(F)CN1Cc2cc(NC(=O)c3cccc(C(F)(F)F)n3)c(N3CCOCC3)cc2C1=O. The lowest BCUT2D eigenvalue weighted by Gasteiger charge is -2.31. The van der Waals surface area contributed by atoms with Crippen molar-refractivity contribution >= 4 is 23.2 Å². The smallest absolute Gasteiger partial charge is 0.387 e. The van der Waals surface area contributed by atoms with Crippen molar-refractivity contribution in [1.29, 1.82) is 0 Å². The molecular formula is C24H26F4N4O4. The van der Waals surface area contributed by atoms with Crippen molar-refractivity contribution in [3.8, 4) is 0 Å². The van der Waals surface area contributed by atoms with E-state index in [9.17, 15) is 32.3 Å². The fourth-order valence-electron chi connectivity index (χ4n) is 4.05. The summed E-state index contributed by atoms with van der Waals surface area (Å²) >= 11 is 0. The highest BCUT2D eigenvalue weighted by atomic mass is 19.4. The number of anilines is 2. The highest BCUT2D eigenvalue weighted by Gasteiger charge is 2.36. The van der Waals surface area contributed by atoms with Gasteiger partial charge in [0.2, 0.25) is 0 Å². The molecule has 2 aliphatic heterocycles. The number of pyridine rings is 1. The molecule has 2 aromatic rings. The van der Waals surface area contributed by atoms with E-state index >= 15 is 0 Å². The fraction of sp³-hybridized carbons (Fsp3) is 0.458. The highest BCUT2D eigenvalue weighted by Crippen LogP contribution is 2.36. The lowest BCUT2D eigenvalue weighted by molar-refractivity contribution is -0.141. The van der Waals surface area contributed by atoms with E-state index in [0.29, 0.717) is 43.1 Å². The molecule has 2 aliphatic rings. The normalized spacial score (nSPS) is 17.2. The number of ether oxygens (including phenoxy) is 1. The third kappa shape index (κ3) is 5.44. The highest BCUT2D eigenvalue weighted by molar-refractivity contribution is 6.07. The fourth-order valence-corrected chi connectivity index (χ4v) is 4.05. The molecular weight excluding hydrogens is 484 g/mol. The standard InChI is InChI=1S/C24H26F4N4O4/c1-23(2,35)19(25)13-32-12-14-10-17(18(11-15(14)22(32)34)31-6-8-36-9-7-31)30-21(33)16-4-3-5-20(29-16)24(26,27)28/h3-5,10-11,19,35H,6-9,12-13H2,1-2H3,(H,30,33). The zero-order chi connectivity index (χ0) is 26.3. The first-order valence-electron chi connectivity index (χ1n) is 11.4. The number of carbonyl (C=O) groups is 2. The van der Waals surface area contributed by atoms with E-state index < -0.39 is 41.2 Å². The van der Waals surface area contributed by atoms with Crippen molar-refractivity contribution in [1.82, 2.24) is 9.88 Å². The predicted octanol–water partition coefficient (Wildman–Crippen LogP) is 3.25. The molecule has 1 fully saturated rings. The summed E-state index contributed by atoms with van der Waals surface area (Å²) in [6.07, 6.45) is -6.38. The third-order valence-corrected chi connectivity index (χ3v) is 6.12. The van der Waals surface area contributed by atoms with Gasteiger partial charge in [-0.25, -0.2) is 9.37 Å². The molecule has 3 heterocycles. The van der Waals surface area contributed by atoms with Gasteiger partial charge >= 0.3 is 6.18 Å². The van der Waals surface area contributed by atoms with Gasteiger partial charge in [0, 0.05) is 25.2 Å². The van der Waals surface area contributed by atoms with E-state index in [2.05, 4.69) is 10.3 Å². The van der Waals surface area contributed by atoms with Gasteiger partial charge in [-0.1, -0.05) is 6.07 Å². The van der Waals surface area contributed by atoms with Crippen LogP contribution in [0.15, 0.2) is 30.3 Å². The molecule has 1 atom stereocenters. The van der Waals surface area contributed by atoms with E-state index in [4.69, 9.17) is 4.74 Å². The molecule has 0 saturated carbocycles. The van der Waals surface area contributed by atoms with Crippen molar-refractivity contribution in [2.45, 2.75) is 38.3 Å². The number of amides is 2. The number of rotatable bonds is 6. The molecule has 0 spiro atoms. The molecule has 0 radical (unpaired) electrons. The number of fused-ring (bicyclic) bond motifs is 1. The van der Waals surface area contributed by atoms with E-state index in [-0.39, 0.29) is 18.8 Å². The molecule has 1 unspecified atom stereocenters. The van der Waals surface area contributed by atoms with E-state index in [1.54, 1.807) is 12.1 Å². The first kappa shape index (κ1) is 25.8. The van der Waals surface area contributed by atoms with Crippen LogP contribution in [0.25, 0.3) is 0 Å². The Morgan fingerprint density at radius 2 is 1.92 bits per heavy atom. The van der Waals surface area contributed by atoms with Crippen LogP contribution < -0.4 is 10.2 Å². The van der Waals surface area contributed by atoms with Gasteiger partial charge in [-0.2, -0.15) is 13.2 Å². The first-order chi connectivity index (χ1) is 16.8. The third-order valence-electron chi connectivity index (χ3n) is 6.12. The van der Waals surface area contributed by atoms with Crippen LogP contribution in [-0.2, 0) is 17.5 Å². The maximum Gasteiger partial charge on any atom is 0.433 e. The summed E-state index contributed by atoms with van der Waals surface area (Å²) in [7, 11) is 0. The first-order valence-corrected chi connectivity index (χ1v) is 11.4. The monoisotopic (exact) mass is 510 g/mol. The summed E-state index contributed by atoms with van der Waals surface area (Å²) in [5.74, 6) is -1.26. The Bertz CT molecular complexity index is 1160. The number of halogens is 4. The number of hydrogen-bond acceptors (Lipinski definition) is 6. The second-order valence-electron chi connectivity index (χ2n) is 9.29. The number of hydrogen-bond donors (Lipinski definition) is 2. The molecule has 1 aromatic heterocycles. The summed E-state index contributed by atoms with van der Waals surface area (Å²) in [5, 5.41) is 12.6. The lowest BCUT2D eigenvalue weighted by atomic mass is 10.0. The Morgan fingerprint density at radius 1 is 1.22 bits per heavy atom. The summed E-state index contributed by atoms with van der Waals surface area (Å²) in [6, 6.07) is 6.21. The number of aromatic nitrogens is 1. The molecule has 194 valence electrons. The second kappa shape index (κ2) is 9.66. The molecule has 12 heteroatoms. The Morgan fingerprint density at radius 3 is 2.56 bits per heavy atom. The average Bonchev–Trinajstić information content (AvgIpc) is 3.12. The zero-order valence-electron chi connectivity index (χ0n) is 19.7. The van der Waals surface area contributed by atoms with Crippen molar-refractivity contribution in [2.24, 2.45) is 0 Å². The molecule has 4 rings (SSSR count). The minimum Gasteiger partial charge on any atom is -0.387 e. The van der Waals surface area contributed by atoms with Crippen LogP contribution in [0, 0.1) is 0 Å². The van der Waals surface area contributed by atoms with Crippen LogP contribution in [0.2, 0.25) is 0 Å². The average molecular weight is 510 g/mol. The second-order valence-corrected chi connectivity index (χ2v) is 9.29. The van der Waals surface area contributed by atoms with Crippen LogP contribution in [0.1, 0.15) is 46.0 Å². The predicted molar refractivity (Wildman–Crippen MR) is 123 cm³/mol. The minimum atomic E-state index is -4.70. The van der Waals surface area contributed by atoms with Crippen LogP contribution in [0.4, 0.5) is 28.9 Å². The Kier molecular flexibility index (Phi) is 6.93. The molecule has 0 aliphatic carbocycles. The van der Waals surface area contributed by atoms with Crippen LogP contribution in [0.3, 0.4) is 0 Å². The van der Waals surface area contributed by atoms with Gasteiger partial charge < -0.3 is 25.0 Å². The summed E-state index contributed by atoms with van der Waals surface area (Å²) in [5.41, 5.74) is -1.61. The Hall–Kier alpha value is -3.25. The molecule has 36 heavy (non-hydrogen) atoms. The summed E-state index contributed by atoms with van der Waals surface area (Å²) in [6.45, 7) is 4.12. The molecule has 2 amide bonds. The van der Waals surface area contributed by atoms with Gasteiger partial charge in [-0.05, 0) is 43.7 Å². The largest absolute Gasteiger partial charge is 0.433 e. The number of morpholine rings is 1. The van der Waals surface area contributed by atoms with Crippen LogP contribution in [-0.4, -0.2) is 71.4 Å². The number of aliphatic hydroxyl groups is 1. The van der Waals surface area contributed by atoms with Gasteiger partial charge in [-0.15, -0.1) is 0 Å². The topological polar surface area (TPSA) is 95.0 Å². The molecule has 1 aromatic carbocycles. The van der Waals surface area contributed by atoms with Crippen LogP contribution in [0.5, 0.6) is 0 Å². The van der Waals surface area contributed by atoms with E-state index in [0.717, 1.165) is 12.1 Å². The van der Waals surface area contributed by atoms with Gasteiger partial charge in [0.25, 0.3) is 11.8 Å².